The number of aliphatic imine (C=N–C) groups is 1. The Morgan fingerprint density at radius 2 is 1.23 bits per heavy atom. The number of aryl methyl sites for hydroxylation is 3. The smallest absolute Gasteiger partial charge is 0.418 e. The highest BCUT2D eigenvalue weighted by molar-refractivity contribution is 6.50. The molecule has 39 heavy (non-hydrogen) atoms. The van der Waals surface area contributed by atoms with Gasteiger partial charge < -0.3 is 17.3 Å². The van der Waals surface area contributed by atoms with E-state index in [2.05, 4.69) is 134 Å². The number of anilines is 2. The Balaban J connectivity index is 0.000000567. The van der Waals surface area contributed by atoms with Gasteiger partial charge in [-0.3, -0.25) is 0 Å². The van der Waals surface area contributed by atoms with Gasteiger partial charge in [0.15, 0.2) is 12.4 Å². The largest absolute Gasteiger partial charge is 0.673 e. The van der Waals surface area contributed by atoms with Crippen LogP contribution in [0.5, 0.6) is 0 Å². The Hall–Kier alpha value is -4.20. The summed E-state index contributed by atoms with van der Waals surface area (Å²) in [6, 6.07) is 34.7. The number of rotatable bonds is 3. The van der Waals surface area contributed by atoms with Crippen LogP contribution in [-0.4, -0.2) is 24.0 Å². The van der Waals surface area contributed by atoms with Gasteiger partial charge in [0, 0.05) is 0 Å². The van der Waals surface area contributed by atoms with E-state index < -0.39 is 7.25 Å². The van der Waals surface area contributed by atoms with Crippen LogP contribution >= 0.6 is 0 Å². The van der Waals surface area contributed by atoms with E-state index in [9.17, 15) is 17.3 Å². The molecule has 198 valence electrons. The van der Waals surface area contributed by atoms with Gasteiger partial charge in [-0.05, 0) is 55.2 Å². The zero-order chi connectivity index (χ0) is 27.7. The summed E-state index contributed by atoms with van der Waals surface area (Å²) in [5.41, 5.74) is 9.93. The summed E-state index contributed by atoms with van der Waals surface area (Å²) < 4.78 is 41.4. The molecule has 4 aromatic rings. The number of hydrogen-bond acceptors (Lipinski definition) is 2. The van der Waals surface area contributed by atoms with E-state index in [1.54, 1.807) is 0 Å². The maximum absolute atomic E-state index is 9.75. The molecule has 3 nitrogen and oxygen atoms in total. The van der Waals surface area contributed by atoms with Gasteiger partial charge >= 0.3 is 7.25 Å². The van der Waals surface area contributed by atoms with E-state index in [1.807, 2.05) is 0 Å². The number of fused-ring (bicyclic) bond motifs is 3. The van der Waals surface area contributed by atoms with Crippen LogP contribution in [0.25, 0.3) is 0 Å². The number of para-hydroxylation sites is 1. The Morgan fingerprint density at radius 3 is 1.82 bits per heavy atom. The van der Waals surface area contributed by atoms with Gasteiger partial charge in [-0.25, -0.2) is 9.48 Å². The second kappa shape index (κ2) is 10.5. The SMILES string of the molecule is Cc1cc(C)c(N2C=[N+]3C(=N[C@H](c4ccccc4)[C@H]3c3ccccc3)c3ccccc32)c(C)c1.F[B-](F)(F)F. The van der Waals surface area contributed by atoms with Gasteiger partial charge in [-0.2, -0.15) is 0 Å². The highest BCUT2D eigenvalue weighted by Crippen LogP contribution is 2.45. The highest BCUT2D eigenvalue weighted by Gasteiger charge is 2.46. The third-order valence-electron chi connectivity index (χ3n) is 6.91. The van der Waals surface area contributed by atoms with Crippen molar-refractivity contribution in [2.24, 2.45) is 4.99 Å². The molecule has 0 bridgehead atoms. The van der Waals surface area contributed by atoms with Crippen molar-refractivity contribution >= 4 is 30.8 Å². The van der Waals surface area contributed by atoms with E-state index >= 15 is 0 Å². The molecule has 0 fully saturated rings. The molecule has 0 saturated carbocycles. The number of amidine groups is 1. The van der Waals surface area contributed by atoms with E-state index in [-0.39, 0.29) is 12.1 Å². The summed E-state index contributed by atoms with van der Waals surface area (Å²) in [7, 11) is -6.00. The van der Waals surface area contributed by atoms with Gasteiger partial charge in [0.2, 0.25) is 0 Å². The molecule has 2 heterocycles. The fraction of sp³-hybridized carbons (Fsp3) is 0.161. The second-order valence-electron chi connectivity index (χ2n) is 9.82. The van der Waals surface area contributed by atoms with Crippen LogP contribution in [0.1, 0.15) is 45.5 Å². The molecular formula is C31H28BF4N3. The third-order valence-corrected chi connectivity index (χ3v) is 6.91. The lowest BCUT2D eigenvalue weighted by molar-refractivity contribution is -0.450. The van der Waals surface area contributed by atoms with Crippen molar-refractivity contribution < 1.29 is 21.8 Å². The predicted octanol–water partition coefficient (Wildman–Crippen LogP) is 8.35. The predicted molar refractivity (Wildman–Crippen MR) is 151 cm³/mol. The van der Waals surface area contributed by atoms with E-state index in [1.165, 1.54) is 44.8 Å². The molecule has 6 rings (SSSR count). The van der Waals surface area contributed by atoms with Crippen LogP contribution in [0.15, 0.2) is 102 Å². The molecule has 0 amide bonds. The molecule has 0 aromatic heterocycles. The number of benzene rings is 4. The highest BCUT2D eigenvalue weighted by atomic mass is 19.5. The lowest BCUT2D eigenvalue weighted by Gasteiger charge is -2.28. The number of hydrogen-bond donors (Lipinski definition) is 0. The van der Waals surface area contributed by atoms with Crippen molar-refractivity contribution in [2.75, 3.05) is 4.90 Å². The van der Waals surface area contributed by atoms with Crippen molar-refractivity contribution in [1.29, 1.82) is 0 Å². The summed E-state index contributed by atoms with van der Waals surface area (Å²) in [4.78, 5) is 7.71. The minimum Gasteiger partial charge on any atom is -0.418 e. The van der Waals surface area contributed by atoms with Crippen molar-refractivity contribution in [3.8, 4) is 0 Å². The first-order valence-electron chi connectivity index (χ1n) is 12.8. The van der Waals surface area contributed by atoms with Crippen LogP contribution in [-0.2, 0) is 0 Å². The Kier molecular flexibility index (Phi) is 7.13. The zero-order valence-electron chi connectivity index (χ0n) is 21.9. The van der Waals surface area contributed by atoms with Crippen LogP contribution in [0, 0.1) is 20.8 Å². The molecule has 8 heteroatoms. The molecular weight excluding hydrogens is 501 g/mol. The van der Waals surface area contributed by atoms with Crippen LogP contribution in [0.2, 0.25) is 0 Å². The molecule has 2 aliphatic heterocycles. The summed E-state index contributed by atoms with van der Waals surface area (Å²) in [6.45, 7) is 6.58. The third kappa shape index (κ3) is 5.51. The summed E-state index contributed by atoms with van der Waals surface area (Å²) in [5, 5.41) is 0. The van der Waals surface area contributed by atoms with Crippen molar-refractivity contribution in [1.82, 2.24) is 0 Å². The molecule has 0 N–H and O–H groups in total. The molecule has 2 atom stereocenters. The van der Waals surface area contributed by atoms with Crippen LogP contribution in [0.3, 0.4) is 0 Å². The molecule has 0 radical (unpaired) electrons. The van der Waals surface area contributed by atoms with Gasteiger partial charge in [0.05, 0.1) is 5.56 Å². The second-order valence-corrected chi connectivity index (χ2v) is 9.82. The van der Waals surface area contributed by atoms with Crippen molar-refractivity contribution in [2.45, 2.75) is 32.9 Å². The monoisotopic (exact) mass is 529 g/mol. The van der Waals surface area contributed by atoms with Gasteiger partial charge in [-0.1, -0.05) is 90.5 Å². The topological polar surface area (TPSA) is 18.6 Å². The quantitative estimate of drug-likeness (QED) is 0.148. The van der Waals surface area contributed by atoms with Crippen molar-refractivity contribution in [3.05, 3.63) is 130 Å². The average molecular weight is 529 g/mol. The first-order chi connectivity index (χ1) is 18.6. The van der Waals surface area contributed by atoms with Crippen LogP contribution in [0.4, 0.5) is 28.6 Å². The van der Waals surface area contributed by atoms with E-state index in [4.69, 9.17) is 4.99 Å². The molecule has 0 unspecified atom stereocenters. The molecule has 0 spiro atoms. The van der Waals surface area contributed by atoms with Crippen molar-refractivity contribution in [3.63, 3.8) is 0 Å². The average Bonchev–Trinajstić information content (AvgIpc) is 3.28. The van der Waals surface area contributed by atoms with Gasteiger partial charge in [-0.15, -0.1) is 4.99 Å². The minimum absolute atomic E-state index is 0.0167. The normalized spacial score (nSPS) is 17.9. The van der Waals surface area contributed by atoms with Gasteiger partial charge in [0.25, 0.3) is 5.84 Å². The minimum atomic E-state index is -6.00. The lowest BCUT2D eigenvalue weighted by Crippen LogP contribution is -2.36. The summed E-state index contributed by atoms with van der Waals surface area (Å²) in [5.74, 6) is 1.04. The summed E-state index contributed by atoms with van der Waals surface area (Å²) >= 11 is 0. The molecule has 0 aliphatic carbocycles. The standard InChI is InChI=1S/C31H28N3.BF4/c1-21-18-22(2)29(23(3)19-21)33-20-34-30(25-14-8-5-9-15-25)28(24-12-6-4-7-13-24)32-31(34)26-16-10-11-17-27(26)33;2-1(3,4)5/h4-20,28,30H,1-3H3;/q+1;-1/t28-,30-;/m1./s1. The maximum Gasteiger partial charge on any atom is 0.673 e. The van der Waals surface area contributed by atoms with Crippen LogP contribution < -0.4 is 4.90 Å². The zero-order valence-corrected chi connectivity index (χ0v) is 21.9. The maximum atomic E-state index is 9.75. The number of nitrogens with zero attached hydrogens (tertiary/aromatic N) is 3. The molecule has 0 saturated heterocycles. The number of halogens is 4. The lowest BCUT2D eigenvalue weighted by atomic mass is 9.94. The Bertz CT molecular complexity index is 1520. The summed E-state index contributed by atoms with van der Waals surface area (Å²) in [6.07, 6.45) is 2.27. The molecule has 2 aliphatic rings. The fourth-order valence-corrected chi connectivity index (χ4v) is 5.58. The van der Waals surface area contributed by atoms with E-state index in [0.717, 1.165) is 5.84 Å². The van der Waals surface area contributed by atoms with Gasteiger partial charge in [0.1, 0.15) is 17.4 Å². The first-order valence-corrected chi connectivity index (χ1v) is 12.8. The Labute approximate surface area is 225 Å². The first kappa shape index (κ1) is 26.4. The Morgan fingerprint density at radius 1 is 0.718 bits per heavy atom. The van der Waals surface area contributed by atoms with E-state index in [0.29, 0.717) is 0 Å². The molecule has 4 aromatic carbocycles. The fourth-order valence-electron chi connectivity index (χ4n) is 5.58.